The Hall–Kier alpha value is -5.03. The first-order valence-corrected chi connectivity index (χ1v) is 13.0. The van der Waals surface area contributed by atoms with Gasteiger partial charge in [0, 0.05) is 53.4 Å². The maximum absolute atomic E-state index is 15.3. The van der Waals surface area contributed by atoms with Gasteiger partial charge in [-0.15, -0.1) is 0 Å². The minimum atomic E-state index is -4.88. The highest BCUT2D eigenvalue weighted by molar-refractivity contribution is 6.16. The Balaban J connectivity index is 1.88. The molecule has 0 aliphatic carbocycles. The van der Waals surface area contributed by atoms with Gasteiger partial charge in [-0.25, -0.2) is 18.9 Å². The number of amides is 1. The van der Waals surface area contributed by atoms with Gasteiger partial charge in [-0.2, -0.15) is 23.5 Å². The second-order valence-corrected chi connectivity index (χ2v) is 10.6. The number of fused-ring (bicyclic) bond motifs is 3. The number of H-pyrrole nitrogens is 1. The number of aliphatic hydroxyl groups is 1. The molecule has 1 aromatic carbocycles. The Labute approximate surface area is 242 Å². The summed E-state index contributed by atoms with van der Waals surface area (Å²) >= 11 is 0. The average Bonchev–Trinajstić information content (AvgIpc) is 3.54. The summed E-state index contributed by atoms with van der Waals surface area (Å²) < 4.78 is 63.3. The van der Waals surface area contributed by atoms with Crippen LogP contribution in [0.4, 0.5) is 28.0 Å². The van der Waals surface area contributed by atoms with Crippen LogP contribution in [0, 0.1) is 17.1 Å². The van der Waals surface area contributed by atoms with Crippen molar-refractivity contribution in [2.45, 2.75) is 46.1 Å². The van der Waals surface area contributed by atoms with Crippen molar-refractivity contribution < 1.29 is 32.2 Å². The first-order valence-electron chi connectivity index (χ1n) is 13.0. The van der Waals surface area contributed by atoms with E-state index in [0.29, 0.717) is 5.56 Å². The van der Waals surface area contributed by atoms with Crippen LogP contribution in [-0.4, -0.2) is 48.1 Å². The number of anilines is 1. The van der Waals surface area contributed by atoms with Crippen LogP contribution in [0.3, 0.4) is 0 Å². The van der Waals surface area contributed by atoms with Gasteiger partial charge in [-0.1, -0.05) is 0 Å². The third kappa shape index (κ3) is 5.46. The molecule has 0 saturated heterocycles. The number of aliphatic hydroxyl groups excluding tert-OH is 1. The Morgan fingerprint density at radius 2 is 1.93 bits per heavy atom. The minimum absolute atomic E-state index is 0.0511. The fourth-order valence-electron chi connectivity index (χ4n) is 4.79. The predicted molar refractivity (Wildman–Crippen MR) is 149 cm³/mol. The van der Waals surface area contributed by atoms with Gasteiger partial charge < -0.3 is 14.8 Å². The van der Waals surface area contributed by atoms with Crippen molar-refractivity contribution in [3.63, 3.8) is 0 Å². The van der Waals surface area contributed by atoms with Crippen molar-refractivity contribution >= 4 is 33.7 Å². The average molecular weight is 596 g/mol. The number of hydrogen-bond donors (Lipinski definition) is 2. The molecule has 1 amide bonds. The highest BCUT2D eigenvalue weighted by Gasteiger charge is 2.37. The number of nitrogens with one attached hydrogen (secondary N) is 1. The second kappa shape index (κ2) is 10.7. The van der Waals surface area contributed by atoms with Crippen molar-refractivity contribution in [3.05, 3.63) is 65.6 Å². The lowest BCUT2D eigenvalue weighted by Crippen LogP contribution is -2.37. The number of carbonyl (C=O) groups excluding carboxylic acids is 1. The lowest BCUT2D eigenvalue weighted by molar-refractivity contribution is -0.142. The molecule has 0 spiro atoms. The zero-order valence-corrected chi connectivity index (χ0v) is 23.4. The topological polar surface area (TPSA) is 133 Å². The molecule has 4 heterocycles. The summed E-state index contributed by atoms with van der Waals surface area (Å²) in [5.41, 5.74) is -1.30. The normalized spacial score (nSPS) is 12.1. The van der Waals surface area contributed by atoms with Crippen molar-refractivity contribution in [1.82, 2.24) is 24.7 Å². The highest BCUT2D eigenvalue weighted by atomic mass is 19.4. The van der Waals surface area contributed by atoms with E-state index in [1.165, 1.54) is 35.6 Å². The third-order valence-corrected chi connectivity index (χ3v) is 6.50. The molecule has 5 aromatic rings. The van der Waals surface area contributed by atoms with Crippen molar-refractivity contribution in [2.24, 2.45) is 0 Å². The lowest BCUT2D eigenvalue weighted by Gasteiger charge is -2.27. The number of aromatic amines is 1. The molecule has 10 nitrogen and oxygen atoms in total. The van der Waals surface area contributed by atoms with Crippen LogP contribution in [0.15, 0.2) is 43.0 Å². The number of nitrogens with zero attached hydrogens (tertiary/aromatic N) is 6. The minimum Gasteiger partial charge on any atom is -0.443 e. The monoisotopic (exact) mass is 595 g/mol. The van der Waals surface area contributed by atoms with E-state index in [2.05, 4.69) is 20.1 Å². The maximum Gasteiger partial charge on any atom is 0.435 e. The van der Waals surface area contributed by atoms with Crippen LogP contribution >= 0.6 is 0 Å². The summed E-state index contributed by atoms with van der Waals surface area (Å²) in [5.74, 6) is -0.734. The number of carbonyl (C=O) groups is 1. The lowest BCUT2D eigenvalue weighted by atomic mass is 10.0. The Kier molecular flexibility index (Phi) is 7.31. The molecule has 0 unspecified atom stereocenters. The zero-order valence-electron chi connectivity index (χ0n) is 23.4. The van der Waals surface area contributed by atoms with Gasteiger partial charge in [-0.3, -0.25) is 9.88 Å². The summed E-state index contributed by atoms with van der Waals surface area (Å²) in [5, 5.41) is 23.3. The van der Waals surface area contributed by atoms with Crippen LogP contribution in [0.1, 0.15) is 44.5 Å². The van der Waals surface area contributed by atoms with Crippen LogP contribution < -0.4 is 4.90 Å². The number of benzene rings is 1. The molecule has 0 radical (unpaired) electrons. The van der Waals surface area contributed by atoms with E-state index >= 15 is 4.39 Å². The Bertz CT molecular complexity index is 1920. The van der Waals surface area contributed by atoms with Gasteiger partial charge in [0.25, 0.3) is 0 Å². The van der Waals surface area contributed by atoms with E-state index in [1.807, 2.05) is 6.07 Å². The first kappa shape index (κ1) is 29.5. The van der Waals surface area contributed by atoms with Crippen molar-refractivity contribution in [1.29, 1.82) is 5.26 Å². The molecular formula is C29H25F4N7O3. The summed E-state index contributed by atoms with van der Waals surface area (Å²) in [6, 6.07) is 5.76. The Morgan fingerprint density at radius 1 is 1.19 bits per heavy atom. The van der Waals surface area contributed by atoms with Crippen LogP contribution in [0.2, 0.25) is 0 Å². The van der Waals surface area contributed by atoms with E-state index in [-0.39, 0.29) is 51.0 Å². The molecule has 0 aliphatic heterocycles. The molecule has 0 atom stereocenters. The molecule has 222 valence electrons. The number of pyridine rings is 2. The number of rotatable bonds is 5. The highest BCUT2D eigenvalue weighted by Crippen LogP contribution is 2.41. The van der Waals surface area contributed by atoms with Crippen molar-refractivity contribution in [2.75, 3.05) is 11.4 Å². The smallest absolute Gasteiger partial charge is 0.435 e. The molecule has 2 N–H and O–H groups in total. The molecule has 14 heteroatoms. The summed E-state index contributed by atoms with van der Waals surface area (Å²) in [4.78, 5) is 25.9. The standard InChI is InChI=1S/C29H25F4N7O3/c1-5-39(27(42)43-28(2,3)4)21-8-18(30)7-19-22-24(40-13-17(14-41)25(38-40)29(31,32)33)20(12-36-26(22)37-23(19)21)16-6-15(9-34)10-35-11-16/h6-8,10-13,41H,5,14H2,1-4H3,(H,36,37). The maximum atomic E-state index is 15.3. The van der Waals surface area contributed by atoms with E-state index in [9.17, 15) is 28.3 Å². The third-order valence-electron chi connectivity index (χ3n) is 6.50. The van der Waals surface area contributed by atoms with E-state index in [4.69, 9.17) is 4.74 Å². The summed E-state index contributed by atoms with van der Waals surface area (Å²) in [7, 11) is 0. The number of aromatic nitrogens is 5. The van der Waals surface area contributed by atoms with Gasteiger partial charge >= 0.3 is 12.3 Å². The second-order valence-electron chi connectivity index (χ2n) is 10.6. The largest absolute Gasteiger partial charge is 0.443 e. The van der Waals surface area contributed by atoms with Crippen LogP contribution in [0.25, 0.3) is 38.8 Å². The number of alkyl halides is 3. The first-order chi connectivity index (χ1) is 20.2. The van der Waals surface area contributed by atoms with Gasteiger partial charge in [-0.05, 0) is 45.9 Å². The zero-order chi connectivity index (χ0) is 31.3. The SMILES string of the molecule is CCN(C(=O)OC(C)(C)C)c1cc(F)cc2c1[nH]c1ncc(-c3cncc(C#N)c3)c(-n3cc(CO)c(C(F)(F)F)n3)c12. The van der Waals surface area contributed by atoms with Gasteiger partial charge in [0.15, 0.2) is 5.69 Å². The number of hydrogen-bond acceptors (Lipinski definition) is 7. The van der Waals surface area contributed by atoms with Gasteiger partial charge in [0.2, 0.25) is 0 Å². The number of ether oxygens (including phenoxy) is 1. The van der Waals surface area contributed by atoms with Crippen molar-refractivity contribution in [3.8, 4) is 22.9 Å². The molecule has 0 bridgehead atoms. The van der Waals surface area contributed by atoms with E-state index in [0.717, 1.165) is 16.9 Å². The number of nitriles is 1. The summed E-state index contributed by atoms with van der Waals surface area (Å²) in [6.07, 6.45) is -0.509. The molecule has 4 aromatic heterocycles. The molecule has 5 rings (SSSR count). The molecule has 43 heavy (non-hydrogen) atoms. The van der Waals surface area contributed by atoms with Crippen LogP contribution in [-0.2, 0) is 17.5 Å². The molecule has 0 aliphatic rings. The fraction of sp³-hybridized carbons (Fsp3) is 0.276. The quantitative estimate of drug-likeness (QED) is 0.230. The van der Waals surface area contributed by atoms with E-state index < -0.39 is 41.6 Å². The fourth-order valence-corrected chi connectivity index (χ4v) is 4.79. The predicted octanol–water partition coefficient (Wildman–Crippen LogP) is 6.25. The molecule has 0 saturated carbocycles. The van der Waals surface area contributed by atoms with E-state index in [1.54, 1.807) is 27.7 Å². The van der Waals surface area contributed by atoms with Gasteiger partial charge in [0.1, 0.15) is 23.1 Å². The summed E-state index contributed by atoms with van der Waals surface area (Å²) in [6.45, 7) is 5.91. The van der Waals surface area contributed by atoms with Gasteiger partial charge in [0.05, 0.1) is 34.4 Å². The molecule has 0 fully saturated rings. The molecular weight excluding hydrogens is 570 g/mol. The van der Waals surface area contributed by atoms with Crippen LogP contribution in [0.5, 0.6) is 0 Å². The Morgan fingerprint density at radius 3 is 2.53 bits per heavy atom. The number of halogens is 4.